The van der Waals surface area contributed by atoms with E-state index in [0.717, 1.165) is 37.9 Å². The van der Waals surface area contributed by atoms with Gasteiger partial charge in [-0.25, -0.2) is 0 Å². The molecule has 0 atom stereocenters. The van der Waals surface area contributed by atoms with Crippen LogP contribution in [0.15, 0.2) is 24.3 Å². The highest BCUT2D eigenvalue weighted by Gasteiger charge is 2.07. The molecule has 4 nitrogen and oxygen atoms in total. The Bertz CT molecular complexity index is 273. The minimum Gasteiger partial charge on any atom is -0.486 e. The highest BCUT2D eigenvalue weighted by molar-refractivity contribution is 5.40. The zero-order chi connectivity index (χ0) is 11.1. The molecule has 0 saturated carbocycles. The van der Waals surface area contributed by atoms with Crippen LogP contribution in [0, 0.1) is 0 Å². The zero-order valence-electron chi connectivity index (χ0n) is 9.19. The molecule has 88 valence electrons. The fourth-order valence-electron chi connectivity index (χ4n) is 1.43. The minimum atomic E-state index is 0.664. The van der Waals surface area contributed by atoms with E-state index in [9.17, 15) is 0 Å². The molecule has 0 unspecified atom stereocenters. The monoisotopic (exact) mass is 224 g/mol. The molecule has 0 amide bonds. The number of hydrogen-bond acceptors (Lipinski definition) is 4. The predicted octanol–water partition coefficient (Wildman–Crippen LogP) is 1.49. The van der Waals surface area contributed by atoms with Crippen LogP contribution in [0.4, 0.5) is 0 Å². The van der Waals surface area contributed by atoms with Crippen LogP contribution in [0.25, 0.3) is 0 Å². The van der Waals surface area contributed by atoms with Gasteiger partial charge < -0.3 is 18.9 Å². The molecular formula is C12H16O4. The van der Waals surface area contributed by atoms with Gasteiger partial charge in [-0.2, -0.15) is 0 Å². The first-order valence-corrected chi connectivity index (χ1v) is 5.47. The Kier molecular flexibility index (Phi) is 4.46. The van der Waals surface area contributed by atoms with E-state index < -0.39 is 0 Å². The van der Waals surface area contributed by atoms with Crippen molar-refractivity contribution in [1.82, 2.24) is 0 Å². The third-order valence-corrected chi connectivity index (χ3v) is 2.19. The molecule has 2 aliphatic heterocycles. The average Bonchev–Trinajstić information content (AvgIpc) is 2.42. The molecule has 2 heterocycles. The molecule has 1 aromatic carbocycles. The van der Waals surface area contributed by atoms with Crippen molar-refractivity contribution in [2.45, 2.75) is 0 Å². The second-order valence-corrected chi connectivity index (χ2v) is 3.37. The van der Waals surface area contributed by atoms with Gasteiger partial charge in [0.2, 0.25) is 0 Å². The summed E-state index contributed by atoms with van der Waals surface area (Å²) in [6.45, 7) is 4.44. The van der Waals surface area contributed by atoms with Crippen LogP contribution in [0.1, 0.15) is 0 Å². The summed E-state index contributed by atoms with van der Waals surface area (Å²) in [7, 11) is 0. The van der Waals surface area contributed by atoms with Crippen LogP contribution >= 0.6 is 0 Å². The van der Waals surface area contributed by atoms with Crippen molar-refractivity contribution in [3.63, 3.8) is 0 Å². The van der Waals surface area contributed by atoms with E-state index in [4.69, 9.17) is 18.9 Å². The lowest BCUT2D eigenvalue weighted by Crippen LogP contribution is -2.16. The van der Waals surface area contributed by atoms with E-state index in [1.54, 1.807) is 0 Å². The maximum absolute atomic E-state index is 5.30. The summed E-state index contributed by atoms with van der Waals surface area (Å²) in [6, 6.07) is 7.70. The summed E-state index contributed by atoms with van der Waals surface area (Å²) in [6.07, 6.45) is 0. The van der Waals surface area contributed by atoms with Gasteiger partial charge in [0.1, 0.15) is 13.2 Å². The van der Waals surface area contributed by atoms with Gasteiger partial charge in [-0.15, -0.1) is 0 Å². The number of para-hydroxylation sites is 2. The van der Waals surface area contributed by atoms with E-state index in [2.05, 4.69) is 0 Å². The van der Waals surface area contributed by atoms with Gasteiger partial charge in [-0.3, -0.25) is 0 Å². The normalized spacial score (nSPS) is 18.2. The fraction of sp³-hybridized carbons (Fsp3) is 0.500. The van der Waals surface area contributed by atoms with Crippen molar-refractivity contribution < 1.29 is 18.9 Å². The van der Waals surface area contributed by atoms with Crippen molar-refractivity contribution in [2.24, 2.45) is 0 Å². The fourth-order valence-corrected chi connectivity index (χ4v) is 1.43. The first kappa shape index (κ1) is 11.2. The topological polar surface area (TPSA) is 36.9 Å². The quantitative estimate of drug-likeness (QED) is 0.669. The molecule has 4 heteroatoms. The van der Waals surface area contributed by atoms with Gasteiger partial charge in [0.05, 0.1) is 26.4 Å². The summed E-state index contributed by atoms with van der Waals surface area (Å²) < 4.78 is 20.5. The summed E-state index contributed by atoms with van der Waals surface area (Å²) in [5.74, 6) is 1.71. The van der Waals surface area contributed by atoms with E-state index in [1.165, 1.54) is 0 Å². The van der Waals surface area contributed by atoms with Gasteiger partial charge in [0, 0.05) is 0 Å². The molecular weight excluding hydrogens is 208 g/mol. The van der Waals surface area contributed by atoms with E-state index in [1.807, 2.05) is 24.3 Å². The van der Waals surface area contributed by atoms with Gasteiger partial charge in [0.15, 0.2) is 11.5 Å². The van der Waals surface area contributed by atoms with Gasteiger partial charge in [-0.05, 0) is 12.1 Å². The highest BCUT2D eigenvalue weighted by Crippen LogP contribution is 2.28. The van der Waals surface area contributed by atoms with E-state index in [-0.39, 0.29) is 0 Å². The van der Waals surface area contributed by atoms with Crippen molar-refractivity contribution in [3.8, 4) is 11.5 Å². The highest BCUT2D eigenvalue weighted by atomic mass is 16.6. The van der Waals surface area contributed by atoms with Crippen molar-refractivity contribution in [3.05, 3.63) is 24.3 Å². The summed E-state index contributed by atoms with van der Waals surface area (Å²) in [5, 5.41) is 0. The molecule has 0 bridgehead atoms. The van der Waals surface area contributed by atoms with Crippen LogP contribution in [-0.2, 0) is 9.47 Å². The molecule has 0 spiro atoms. The SMILES string of the molecule is C1COCCO1.c1ccc2c(c1)OCCO2. The Morgan fingerprint density at radius 1 is 0.625 bits per heavy atom. The van der Waals surface area contributed by atoms with Crippen LogP contribution in [0.5, 0.6) is 11.5 Å². The molecule has 1 fully saturated rings. The third kappa shape index (κ3) is 3.40. The second-order valence-electron chi connectivity index (χ2n) is 3.37. The van der Waals surface area contributed by atoms with Crippen LogP contribution in [-0.4, -0.2) is 39.6 Å². The lowest BCUT2D eigenvalue weighted by atomic mass is 10.3. The molecule has 2 aliphatic rings. The molecule has 0 aliphatic carbocycles. The second kappa shape index (κ2) is 6.35. The smallest absolute Gasteiger partial charge is 0.161 e. The molecule has 3 rings (SSSR count). The third-order valence-electron chi connectivity index (χ3n) is 2.19. The Hall–Kier alpha value is -1.26. The number of rotatable bonds is 0. The summed E-state index contributed by atoms with van der Waals surface area (Å²) >= 11 is 0. The Morgan fingerprint density at radius 3 is 1.44 bits per heavy atom. The number of ether oxygens (including phenoxy) is 4. The van der Waals surface area contributed by atoms with Crippen molar-refractivity contribution >= 4 is 0 Å². The zero-order valence-corrected chi connectivity index (χ0v) is 9.19. The van der Waals surface area contributed by atoms with Gasteiger partial charge >= 0.3 is 0 Å². The standard InChI is InChI=1S/C8H8O2.C4H8O2/c1-2-4-8-7(3-1)9-5-6-10-8;1-2-6-4-3-5-1/h1-4H,5-6H2;1-4H2. The minimum absolute atomic E-state index is 0.664. The Balaban J connectivity index is 0.000000138. The number of fused-ring (bicyclic) bond motifs is 1. The van der Waals surface area contributed by atoms with Crippen molar-refractivity contribution in [2.75, 3.05) is 39.6 Å². The number of benzene rings is 1. The lowest BCUT2D eigenvalue weighted by molar-refractivity contribution is -0.0334. The lowest BCUT2D eigenvalue weighted by Gasteiger charge is -2.17. The van der Waals surface area contributed by atoms with Gasteiger partial charge in [0.25, 0.3) is 0 Å². The summed E-state index contributed by atoms with van der Waals surface area (Å²) in [4.78, 5) is 0. The van der Waals surface area contributed by atoms with E-state index >= 15 is 0 Å². The van der Waals surface area contributed by atoms with Crippen LogP contribution in [0.3, 0.4) is 0 Å². The van der Waals surface area contributed by atoms with Crippen LogP contribution in [0.2, 0.25) is 0 Å². The molecule has 0 N–H and O–H groups in total. The Labute approximate surface area is 95.1 Å². The molecule has 16 heavy (non-hydrogen) atoms. The maximum atomic E-state index is 5.30. The first-order valence-electron chi connectivity index (χ1n) is 5.47. The largest absolute Gasteiger partial charge is 0.486 e. The molecule has 1 aromatic rings. The van der Waals surface area contributed by atoms with E-state index in [0.29, 0.717) is 13.2 Å². The predicted molar refractivity (Wildman–Crippen MR) is 59.1 cm³/mol. The summed E-state index contributed by atoms with van der Waals surface area (Å²) in [5.41, 5.74) is 0. The molecule has 0 radical (unpaired) electrons. The number of hydrogen-bond donors (Lipinski definition) is 0. The first-order chi connectivity index (χ1) is 7.97. The molecule has 0 aromatic heterocycles. The Morgan fingerprint density at radius 2 is 1.06 bits per heavy atom. The molecule has 1 saturated heterocycles. The maximum Gasteiger partial charge on any atom is 0.161 e. The van der Waals surface area contributed by atoms with Crippen molar-refractivity contribution in [1.29, 1.82) is 0 Å². The average molecular weight is 224 g/mol. The van der Waals surface area contributed by atoms with Crippen LogP contribution < -0.4 is 9.47 Å². The van der Waals surface area contributed by atoms with Gasteiger partial charge in [-0.1, -0.05) is 12.1 Å².